The van der Waals surface area contributed by atoms with Crippen LogP contribution in [-0.2, 0) is 29.2 Å². The maximum Gasteiger partial charge on any atom is 0.327 e. The van der Waals surface area contributed by atoms with E-state index in [0.717, 1.165) is 32.1 Å². The molecule has 9 heteroatoms. The Balaban J connectivity index is 0. The maximum absolute atomic E-state index is 12.3. The second kappa shape index (κ2) is 37.7. The van der Waals surface area contributed by atoms with Crippen LogP contribution in [0.5, 0.6) is 0 Å². The van der Waals surface area contributed by atoms with E-state index in [-0.39, 0.29) is 64.6 Å². The van der Waals surface area contributed by atoms with Crippen LogP contribution in [0.4, 0.5) is 0 Å². The fraction of sp³-hybridized carbons (Fsp3) is 0.947. The van der Waals surface area contributed by atoms with Crippen LogP contribution in [0.25, 0.3) is 0 Å². The SMILES string of the molecule is CCCCCCCCCCCCCCCCCCOC(=O)CC(C(=O)OCCCCCCCCCCCCCCCC)S(=O)(=O)O.[K]. The van der Waals surface area contributed by atoms with E-state index in [1.165, 1.54) is 148 Å². The first kappa shape index (κ1) is 49.6. The van der Waals surface area contributed by atoms with Gasteiger partial charge in [-0.2, -0.15) is 8.42 Å². The summed E-state index contributed by atoms with van der Waals surface area (Å²) < 4.78 is 43.2. The van der Waals surface area contributed by atoms with Crippen LogP contribution in [-0.4, -0.2) is 94.8 Å². The van der Waals surface area contributed by atoms with Crippen molar-refractivity contribution in [2.24, 2.45) is 0 Å². The molecule has 1 radical (unpaired) electrons. The molecule has 0 saturated carbocycles. The Morgan fingerprint density at radius 1 is 0.468 bits per heavy atom. The molecule has 0 aromatic rings. The van der Waals surface area contributed by atoms with Gasteiger partial charge in [-0.3, -0.25) is 14.1 Å². The molecular formula is C38H74KO7S. The molecule has 0 saturated heterocycles. The molecule has 0 spiro atoms. The Hall–Kier alpha value is 0.486. The van der Waals surface area contributed by atoms with Gasteiger partial charge >= 0.3 is 11.9 Å². The molecule has 1 N–H and O–H groups in total. The van der Waals surface area contributed by atoms with Gasteiger partial charge in [0, 0.05) is 51.4 Å². The van der Waals surface area contributed by atoms with Crippen LogP contribution in [0.3, 0.4) is 0 Å². The van der Waals surface area contributed by atoms with Crippen molar-refractivity contribution >= 4 is 73.4 Å². The molecular weight excluding hydrogens is 640 g/mol. The summed E-state index contributed by atoms with van der Waals surface area (Å²) in [6.07, 6.45) is 36.2. The Bertz CT molecular complexity index is 791. The molecule has 275 valence electrons. The van der Waals surface area contributed by atoms with Gasteiger partial charge < -0.3 is 9.47 Å². The van der Waals surface area contributed by atoms with Crippen molar-refractivity contribution in [1.82, 2.24) is 0 Å². The van der Waals surface area contributed by atoms with E-state index < -0.39 is 33.7 Å². The molecule has 1 unspecified atom stereocenters. The summed E-state index contributed by atoms with van der Waals surface area (Å²) in [6, 6.07) is 0. The van der Waals surface area contributed by atoms with Crippen molar-refractivity contribution in [2.45, 2.75) is 218 Å². The second-order valence-corrected chi connectivity index (χ2v) is 15.1. The van der Waals surface area contributed by atoms with E-state index in [1.54, 1.807) is 0 Å². The topological polar surface area (TPSA) is 107 Å². The number of ether oxygens (including phenoxy) is 2. The van der Waals surface area contributed by atoms with Crippen LogP contribution in [0.15, 0.2) is 0 Å². The molecule has 0 aliphatic carbocycles. The van der Waals surface area contributed by atoms with Gasteiger partial charge in [0.2, 0.25) is 0 Å². The molecule has 0 aromatic carbocycles. The maximum atomic E-state index is 12.3. The Morgan fingerprint density at radius 2 is 0.723 bits per heavy atom. The van der Waals surface area contributed by atoms with E-state index in [1.807, 2.05) is 0 Å². The van der Waals surface area contributed by atoms with Gasteiger partial charge in [0.25, 0.3) is 10.1 Å². The number of carbonyl (C=O) groups is 2. The summed E-state index contributed by atoms with van der Waals surface area (Å²) in [5, 5.41) is -1.93. The summed E-state index contributed by atoms with van der Waals surface area (Å²) in [5.74, 6) is -1.89. The zero-order chi connectivity index (χ0) is 34.0. The normalized spacial score (nSPS) is 12.1. The molecule has 0 aliphatic heterocycles. The van der Waals surface area contributed by atoms with E-state index in [2.05, 4.69) is 13.8 Å². The predicted molar refractivity (Wildman–Crippen MR) is 197 cm³/mol. The molecule has 47 heavy (non-hydrogen) atoms. The third-order valence-corrected chi connectivity index (χ3v) is 10.1. The van der Waals surface area contributed by atoms with Gasteiger partial charge in [0.05, 0.1) is 19.6 Å². The number of hydrogen-bond acceptors (Lipinski definition) is 6. The molecule has 0 fully saturated rings. The predicted octanol–water partition coefficient (Wildman–Crippen LogP) is 11.1. The van der Waals surface area contributed by atoms with Gasteiger partial charge in [-0.1, -0.05) is 194 Å². The van der Waals surface area contributed by atoms with Crippen LogP contribution in [0.1, 0.15) is 213 Å². The standard InChI is InChI=1S/C38H74O7S.K/c1-3-5-7-9-11-13-15-17-19-20-22-23-25-27-29-31-33-44-37(39)35-36(46(41,42)43)38(40)45-34-32-30-28-26-24-21-18-16-14-12-10-8-6-4-2;/h36H,3-35H2,1-2H3,(H,41,42,43);. The summed E-state index contributed by atoms with van der Waals surface area (Å²) in [7, 11) is -4.77. The smallest absolute Gasteiger partial charge is 0.327 e. The molecule has 0 amide bonds. The fourth-order valence-electron chi connectivity index (χ4n) is 5.92. The van der Waals surface area contributed by atoms with Crippen LogP contribution >= 0.6 is 0 Å². The monoisotopic (exact) mass is 713 g/mol. The van der Waals surface area contributed by atoms with Crippen molar-refractivity contribution in [3.63, 3.8) is 0 Å². The molecule has 0 aromatic heterocycles. The first-order chi connectivity index (χ1) is 22.3. The van der Waals surface area contributed by atoms with Crippen LogP contribution in [0, 0.1) is 0 Å². The zero-order valence-corrected chi connectivity index (χ0v) is 35.2. The van der Waals surface area contributed by atoms with Crippen molar-refractivity contribution in [3.05, 3.63) is 0 Å². The van der Waals surface area contributed by atoms with Crippen LogP contribution < -0.4 is 0 Å². The van der Waals surface area contributed by atoms with Crippen molar-refractivity contribution < 1.29 is 32.0 Å². The summed E-state index contributed by atoms with van der Waals surface area (Å²) in [5.41, 5.74) is 0. The summed E-state index contributed by atoms with van der Waals surface area (Å²) in [6.45, 7) is 4.77. The fourth-order valence-corrected chi connectivity index (χ4v) is 6.58. The number of carbonyl (C=O) groups excluding carboxylic acids is 2. The molecule has 0 aliphatic rings. The van der Waals surface area contributed by atoms with Crippen molar-refractivity contribution in [2.75, 3.05) is 13.2 Å². The third-order valence-electron chi connectivity index (χ3n) is 8.98. The minimum absolute atomic E-state index is 0. The van der Waals surface area contributed by atoms with E-state index >= 15 is 0 Å². The molecule has 7 nitrogen and oxygen atoms in total. The molecule has 1 atom stereocenters. The number of unbranched alkanes of at least 4 members (excludes halogenated alkanes) is 28. The van der Waals surface area contributed by atoms with Gasteiger partial charge in [-0.15, -0.1) is 0 Å². The van der Waals surface area contributed by atoms with Gasteiger partial charge in [0.15, 0.2) is 5.25 Å². The first-order valence-corrected chi connectivity index (χ1v) is 21.1. The minimum Gasteiger partial charge on any atom is -0.466 e. The van der Waals surface area contributed by atoms with Gasteiger partial charge in [-0.05, 0) is 12.8 Å². The van der Waals surface area contributed by atoms with E-state index in [9.17, 15) is 22.6 Å². The van der Waals surface area contributed by atoms with Crippen LogP contribution in [0.2, 0.25) is 0 Å². The molecule has 0 rings (SSSR count). The number of esters is 2. The Labute approximate surface area is 333 Å². The summed E-state index contributed by atoms with van der Waals surface area (Å²) >= 11 is 0. The quantitative estimate of drug-likeness (QED) is 0.0298. The number of rotatable bonds is 36. The van der Waals surface area contributed by atoms with E-state index in [0.29, 0.717) is 12.8 Å². The zero-order valence-electron chi connectivity index (χ0n) is 31.2. The Morgan fingerprint density at radius 3 is 1.00 bits per heavy atom. The largest absolute Gasteiger partial charge is 0.466 e. The average molecular weight is 714 g/mol. The summed E-state index contributed by atoms with van der Waals surface area (Å²) in [4.78, 5) is 24.5. The van der Waals surface area contributed by atoms with Crippen molar-refractivity contribution in [3.8, 4) is 0 Å². The minimum atomic E-state index is -4.77. The third kappa shape index (κ3) is 36.1. The molecule has 0 heterocycles. The van der Waals surface area contributed by atoms with Crippen molar-refractivity contribution in [1.29, 1.82) is 0 Å². The number of hydrogen-bond donors (Lipinski definition) is 1. The second-order valence-electron chi connectivity index (χ2n) is 13.5. The Kier molecular flexibility index (Phi) is 39.8. The average Bonchev–Trinajstić information content (AvgIpc) is 3.02. The van der Waals surface area contributed by atoms with Gasteiger partial charge in [0.1, 0.15) is 0 Å². The van der Waals surface area contributed by atoms with E-state index in [4.69, 9.17) is 9.47 Å². The van der Waals surface area contributed by atoms with Gasteiger partial charge in [-0.25, -0.2) is 0 Å². The first-order valence-electron chi connectivity index (χ1n) is 19.6. The molecule has 0 bridgehead atoms.